The largest absolute Gasteiger partial charge is 0.493 e. The first-order chi connectivity index (χ1) is 9.63. The lowest BCUT2D eigenvalue weighted by Crippen LogP contribution is -2.22. The standard InChI is InChI=1S/C16H20N2OS/c1-10-9-17-16(20-10)12(3)18-11(2)13-4-5-15-14(8-13)6-7-19-15/h4-5,8-9,11-12,18H,6-7H2,1-3H3. The second-order valence-corrected chi connectivity index (χ2v) is 6.65. The molecule has 4 heteroatoms. The summed E-state index contributed by atoms with van der Waals surface area (Å²) in [5, 5.41) is 4.78. The summed E-state index contributed by atoms with van der Waals surface area (Å²) in [6, 6.07) is 7.09. The maximum Gasteiger partial charge on any atom is 0.122 e. The van der Waals surface area contributed by atoms with Crippen LogP contribution in [0.1, 0.15) is 46.9 Å². The molecule has 2 atom stereocenters. The van der Waals surface area contributed by atoms with Gasteiger partial charge in [-0.1, -0.05) is 12.1 Å². The van der Waals surface area contributed by atoms with Crippen LogP contribution in [-0.4, -0.2) is 11.6 Å². The van der Waals surface area contributed by atoms with E-state index in [9.17, 15) is 0 Å². The fourth-order valence-electron chi connectivity index (χ4n) is 2.59. The fraction of sp³-hybridized carbons (Fsp3) is 0.438. The summed E-state index contributed by atoms with van der Waals surface area (Å²) in [5.41, 5.74) is 2.64. The van der Waals surface area contributed by atoms with E-state index in [-0.39, 0.29) is 6.04 Å². The maximum absolute atomic E-state index is 5.56. The van der Waals surface area contributed by atoms with Gasteiger partial charge in [-0.3, -0.25) is 0 Å². The lowest BCUT2D eigenvalue weighted by atomic mass is 10.0. The van der Waals surface area contributed by atoms with Gasteiger partial charge in [-0.15, -0.1) is 11.3 Å². The lowest BCUT2D eigenvalue weighted by Gasteiger charge is -2.19. The van der Waals surface area contributed by atoms with Crippen LogP contribution in [0.2, 0.25) is 0 Å². The molecule has 0 spiro atoms. The molecule has 1 aromatic heterocycles. The molecule has 1 aliphatic rings. The summed E-state index contributed by atoms with van der Waals surface area (Å²) in [6.07, 6.45) is 2.96. The van der Waals surface area contributed by atoms with Gasteiger partial charge < -0.3 is 10.1 Å². The molecule has 0 radical (unpaired) electrons. The first-order valence-electron chi connectivity index (χ1n) is 7.07. The minimum absolute atomic E-state index is 0.271. The second kappa shape index (κ2) is 5.54. The van der Waals surface area contributed by atoms with Crippen molar-refractivity contribution in [3.05, 3.63) is 45.4 Å². The van der Waals surface area contributed by atoms with E-state index in [0.29, 0.717) is 6.04 Å². The highest BCUT2D eigenvalue weighted by molar-refractivity contribution is 7.11. The predicted octanol–water partition coefficient (Wildman–Crippen LogP) is 3.80. The van der Waals surface area contributed by atoms with E-state index >= 15 is 0 Å². The summed E-state index contributed by atoms with van der Waals surface area (Å²) in [5.74, 6) is 1.05. The van der Waals surface area contributed by atoms with E-state index in [2.05, 4.69) is 49.3 Å². The lowest BCUT2D eigenvalue weighted by molar-refractivity contribution is 0.356. The Morgan fingerprint density at radius 1 is 1.30 bits per heavy atom. The smallest absolute Gasteiger partial charge is 0.122 e. The molecule has 3 nitrogen and oxygen atoms in total. The number of ether oxygens (including phenoxy) is 1. The van der Waals surface area contributed by atoms with Crippen molar-refractivity contribution in [3.63, 3.8) is 0 Å². The van der Waals surface area contributed by atoms with E-state index in [0.717, 1.165) is 23.8 Å². The molecule has 0 saturated carbocycles. The molecule has 0 saturated heterocycles. The highest BCUT2D eigenvalue weighted by Gasteiger charge is 2.17. The van der Waals surface area contributed by atoms with Crippen molar-refractivity contribution < 1.29 is 4.74 Å². The van der Waals surface area contributed by atoms with E-state index in [4.69, 9.17) is 4.74 Å². The average Bonchev–Trinajstić information content (AvgIpc) is 3.05. The normalized spacial score (nSPS) is 16.6. The van der Waals surface area contributed by atoms with Gasteiger partial charge in [0.05, 0.1) is 12.6 Å². The number of hydrogen-bond donors (Lipinski definition) is 1. The number of fused-ring (bicyclic) bond motifs is 1. The SMILES string of the molecule is Cc1cnc(C(C)NC(C)c2ccc3c(c2)CCO3)s1. The predicted molar refractivity (Wildman–Crippen MR) is 82.5 cm³/mol. The van der Waals surface area contributed by atoms with E-state index in [1.807, 2.05) is 6.20 Å². The Morgan fingerprint density at radius 3 is 2.90 bits per heavy atom. The van der Waals surface area contributed by atoms with Crippen LogP contribution in [0.4, 0.5) is 0 Å². The Bertz CT molecular complexity index is 608. The number of hydrogen-bond acceptors (Lipinski definition) is 4. The number of nitrogens with zero attached hydrogens (tertiary/aromatic N) is 1. The Morgan fingerprint density at radius 2 is 2.15 bits per heavy atom. The Kier molecular flexibility index (Phi) is 3.76. The molecule has 106 valence electrons. The molecule has 1 aromatic carbocycles. The molecule has 0 bridgehead atoms. The fourth-order valence-corrected chi connectivity index (χ4v) is 3.38. The molecule has 2 heterocycles. The zero-order valence-electron chi connectivity index (χ0n) is 12.1. The monoisotopic (exact) mass is 288 g/mol. The minimum Gasteiger partial charge on any atom is -0.493 e. The van der Waals surface area contributed by atoms with Gasteiger partial charge in [-0.25, -0.2) is 4.98 Å². The van der Waals surface area contributed by atoms with Crippen LogP contribution in [0.15, 0.2) is 24.4 Å². The van der Waals surface area contributed by atoms with Gasteiger partial charge in [0, 0.05) is 23.5 Å². The van der Waals surface area contributed by atoms with Gasteiger partial charge in [0.1, 0.15) is 10.8 Å². The molecule has 0 aliphatic carbocycles. The number of thiazole rings is 1. The summed E-state index contributed by atoms with van der Waals surface area (Å²) in [6.45, 7) is 7.28. The summed E-state index contributed by atoms with van der Waals surface area (Å²) >= 11 is 1.76. The Balaban J connectivity index is 1.71. The van der Waals surface area contributed by atoms with Crippen molar-refractivity contribution in [2.45, 2.75) is 39.3 Å². The Labute approximate surface area is 124 Å². The highest BCUT2D eigenvalue weighted by Crippen LogP contribution is 2.29. The number of benzene rings is 1. The molecule has 2 unspecified atom stereocenters. The molecule has 3 rings (SSSR count). The number of nitrogens with one attached hydrogen (secondary N) is 1. The molecule has 0 amide bonds. The zero-order chi connectivity index (χ0) is 14.1. The van der Waals surface area contributed by atoms with Crippen molar-refractivity contribution >= 4 is 11.3 Å². The first-order valence-corrected chi connectivity index (χ1v) is 7.89. The molecule has 20 heavy (non-hydrogen) atoms. The van der Waals surface area contributed by atoms with Crippen molar-refractivity contribution in [2.75, 3.05) is 6.61 Å². The van der Waals surface area contributed by atoms with Crippen molar-refractivity contribution in [1.82, 2.24) is 10.3 Å². The average molecular weight is 288 g/mol. The third kappa shape index (κ3) is 2.72. The summed E-state index contributed by atoms with van der Waals surface area (Å²) in [4.78, 5) is 5.72. The third-order valence-electron chi connectivity index (χ3n) is 3.72. The van der Waals surface area contributed by atoms with Crippen molar-refractivity contribution in [3.8, 4) is 5.75 Å². The molecule has 2 aromatic rings. The van der Waals surface area contributed by atoms with Gasteiger partial charge in [0.25, 0.3) is 0 Å². The molecule has 0 fully saturated rings. The van der Waals surface area contributed by atoms with Gasteiger partial charge in [0.15, 0.2) is 0 Å². The maximum atomic E-state index is 5.56. The van der Waals surface area contributed by atoms with Crippen molar-refractivity contribution in [1.29, 1.82) is 0 Å². The minimum atomic E-state index is 0.271. The van der Waals surface area contributed by atoms with E-state index in [1.54, 1.807) is 11.3 Å². The molecular weight excluding hydrogens is 268 g/mol. The summed E-state index contributed by atoms with van der Waals surface area (Å²) in [7, 11) is 0. The number of aromatic nitrogens is 1. The van der Waals surface area contributed by atoms with Gasteiger partial charge in [-0.05, 0) is 38.0 Å². The zero-order valence-corrected chi connectivity index (χ0v) is 13.0. The second-order valence-electron chi connectivity index (χ2n) is 5.38. The third-order valence-corrected chi connectivity index (χ3v) is 4.82. The first kappa shape index (κ1) is 13.6. The van der Waals surface area contributed by atoms with Gasteiger partial charge in [-0.2, -0.15) is 0 Å². The van der Waals surface area contributed by atoms with Crippen LogP contribution in [0.5, 0.6) is 5.75 Å². The van der Waals surface area contributed by atoms with Crippen LogP contribution in [-0.2, 0) is 6.42 Å². The highest BCUT2D eigenvalue weighted by atomic mass is 32.1. The number of aryl methyl sites for hydroxylation is 1. The summed E-state index contributed by atoms with van der Waals surface area (Å²) < 4.78 is 5.56. The van der Waals surface area contributed by atoms with Crippen molar-refractivity contribution in [2.24, 2.45) is 0 Å². The molecule has 1 aliphatic heterocycles. The van der Waals surface area contributed by atoms with Gasteiger partial charge >= 0.3 is 0 Å². The Hall–Kier alpha value is -1.39. The van der Waals surface area contributed by atoms with Crippen LogP contribution < -0.4 is 10.1 Å². The molecular formula is C16H20N2OS. The quantitative estimate of drug-likeness (QED) is 0.929. The van der Waals surface area contributed by atoms with Crippen LogP contribution in [0.3, 0.4) is 0 Å². The topological polar surface area (TPSA) is 34.2 Å². The molecule has 1 N–H and O–H groups in total. The van der Waals surface area contributed by atoms with Crippen LogP contribution in [0, 0.1) is 6.92 Å². The number of rotatable bonds is 4. The van der Waals surface area contributed by atoms with Gasteiger partial charge in [0.2, 0.25) is 0 Å². The van der Waals surface area contributed by atoms with E-state index in [1.165, 1.54) is 16.0 Å². The van der Waals surface area contributed by atoms with E-state index < -0.39 is 0 Å². The van der Waals surface area contributed by atoms with Crippen LogP contribution in [0.25, 0.3) is 0 Å². The van der Waals surface area contributed by atoms with Crippen LogP contribution >= 0.6 is 11.3 Å².